The van der Waals surface area contributed by atoms with Crippen LogP contribution >= 0.6 is 0 Å². The molecule has 0 bridgehead atoms. The fourth-order valence-electron chi connectivity index (χ4n) is 1.57. The van der Waals surface area contributed by atoms with Gasteiger partial charge < -0.3 is 20.4 Å². The molecule has 20 heavy (non-hydrogen) atoms. The lowest BCUT2D eigenvalue weighted by Gasteiger charge is -2.26. The number of hydrogen-bond donors (Lipinski definition) is 3. The minimum absolute atomic E-state index is 0.423. The van der Waals surface area contributed by atoms with Crippen LogP contribution in [0.25, 0.3) is 0 Å². The van der Waals surface area contributed by atoms with Gasteiger partial charge in [-0.1, -0.05) is 27.7 Å². The summed E-state index contributed by atoms with van der Waals surface area (Å²) in [5, 5.41) is 20.1. The first-order chi connectivity index (χ1) is 9.27. The molecule has 3 N–H and O–H groups in total. The van der Waals surface area contributed by atoms with E-state index in [1.54, 1.807) is 4.90 Å². The smallest absolute Gasteiger partial charge is 0.328 e. The SMILES string of the molecule is CC(C)CCN(CCC(C)C)C(=O)N[C@@H](CO)C(=O)O. The van der Waals surface area contributed by atoms with Crippen molar-refractivity contribution in [2.75, 3.05) is 19.7 Å². The molecule has 0 aliphatic heterocycles. The Morgan fingerprint density at radius 2 is 1.50 bits per heavy atom. The van der Waals surface area contributed by atoms with E-state index in [1.807, 2.05) is 0 Å². The zero-order chi connectivity index (χ0) is 15.7. The number of nitrogens with zero attached hydrogens (tertiary/aromatic N) is 1. The Balaban J connectivity index is 4.55. The van der Waals surface area contributed by atoms with Crippen molar-refractivity contribution in [2.24, 2.45) is 11.8 Å². The molecule has 0 rings (SSSR count). The molecule has 0 saturated carbocycles. The first-order valence-corrected chi connectivity index (χ1v) is 7.17. The summed E-state index contributed by atoms with van der Waals surface area (Å²) >= 11 is 0. The van der Waals surface area contributed by atoms with Crippen molar-refractivity contribution in [3.05, 3.63) is 0 Å². The fourth-order valence-corrected chi connectivity index (χ4v) is 1.57. The van der Waals surface area contributed by atoms with Gasteiger partial charge >= 0.3 is 12.0 Å². The van der Waals surface area contributed by atoms with Crippen LogP contribution in [0.4, 0.5) is 4.79 Å². The normalized spacial score (nSPS) is 12.6. The number of carboxylic acids is 1. The van der Waals surface area contributed by atoms with E-state index >= 15 is 0 Å². The molecular weight excluding hydrogens is 260 g/mol. The fraction of sp³-hybridized carbons (Fsp3) is 0.857. The van der Waals surface area contributed by atoms with Crippen molar-refractivity contribution in [1.82, 2.24) is 10.2 Å². The van der Waals surface area contributed by atoms with Crippen LogP contribution in [-0.2, 0) is 4.79 Å². The Bertz CT molecular complexity index is 294. The average Bonchev–Trinajstić information content (AvgIpc) is 2.34. The van der Waals surface area contributed by atoms with Crippen molar-refractivity contribution in [3.63, 3.8) is 0 Å². The lowest BCUT2D eigenvalue weighted by molar-refractivity contribution is -0.140. The molecule has 0 aliphatic carbocycles. The summed E-state index contributed by atoms with van der Waals surface area (Å²) in [5.74, 6) is -0.288. The van der Waals surface area contributed by atoms with E-state index in [4.69, 9.17) is 10.2 Å². The minimum Gasteiger partial charge on any atom is -0.480 e. The number of urea groups is 1. The predicted molar refractivity (Wildman–Crippen MR) is 77.5 cm³/mol. The standard InChI is InChI=1S/C14H28N2O4/c1-10(2)5-7-16(8-6-11(3)4)14(20)15-12(9-17)13(18)19/h10-12,17H,5-9H2,1-4H3,(H,15,20)(H,18,19)/t12-/m0/s1. The third-order valence-corrected chi connectivity index (χ3v) is 3.02. The maximum atomic E-state index is 12.1. The van der Waals surface area contributed by atoms with Crippen LogP contribution < -0.4 is 5.32 Å². The molecule has 2 amide bonds. The molecule has 0 aromatic heterocycles. The third kappa shape index (κ3) is 7.99. The Hall–Kier alpha value is -1.30. The van der Waals surface area contributed by atoms with Crippen LogP contribution in [0.1, 0.15) is 40.5 Å². The first kappa shape index (κ1) is 18.7. The highest BCUT2D eigenvalue weighted by Crippen LogP contribution is 2.07. The monoisotopic (exact) mass is 288 g/mol. The summed E-state index contributed by atoms with van der Waals surface area (Å²) in [5.41, 5.74) is 0. The number of amides is 2. The lowest BCUT2D eigenvalue weighted by atomic mass is 10.1. The van der Waals surface area contributed by atoms with Crippen molar-refractivity contribution in [3.8, 4) is 0 Å². The molecule has 6 heteroatoms. The summed E-state index contributed by atoms with van der Waals surface area (Å²) in [7, 11) is 0. The molecular formula is C14H28N2O4. The van der Waals surface area contributed by atoms with Crippen molar-refractivity contribution in [2.45, 2.75) is 46.6 Å². The molecule has 0 fully saturated rings. The Morgan fingerprint density at radius 3 is 1.80 bits per heavy atom. The van der Waals surface area contributed by atoms with Gasteiger partial charge in [0.1, 0.15) is 0 Å². The Morgan fingerprint density at radius 1 is 1.05 bits per heavy atom. The highest BCUT2D eigenvalue weighted by atomic mass is 16.4. The number of hydrogen-bond acceptors (Lipinski definition) is 3. The lowest BCUT2D eigenvalue weighted by Crippen LogP contribution is -2.50. The minimum atomic E-state index is -1.25. The topological polar surface area (TPSA) is 89.9 Å². The van der Waals surface area contributed by atoms with E-state index in [0.717, 1.165) is 12.8 Å². The van der Waals surface area contributed by atoms with E-state index < -0.39 is 24.6 Å². The molecule has 0 saturated heterocycles. The van der Waals surface area contributed by atoms with Crippen molar-refractivity contribution >= 4 is 12.0 Å². The van der Waals surface area contributed by atoms with Crippen LogP contribution in [-0.4, -0.2) is 52.9 Å². The molecule has 6 nitrogen and oxygen atoms in total. The number of carboxylic acid groups (broad SMARTS) is 1. The summed E-state index contributed by atoms with van der Waals surface area (Å²) in [6.07, 6.45) is 1.73. The van der Waals surface area contributed by atoms with Gasteiger partial charge in [0.25, 0.3) is 0 Å². The number of rotatable bonds is 9. The molecule has 0 unspecified atom stereocenters. The van der Waals surface area contributed by atoms with E-state index in [0.29, 0.717) is 24.9 Å². The molecule has 0 aliphatic rings. The maximum absolute atomic E-state index is 12.1. The van der Waals surface area contributed by atoms with Gasteiger partial charge in [-0.05, 0) is 24.7 Å². The number of aliphatic hydroxyl groups excluding tert-OH is 1. The van der Waals surface area contributed by atoms with Crippen LogP contribution in [0.2, 0.25) is 0 Å². The Labute approximate surface area is 121 Å². The van der Waals surface area contributed by atoms with E-state index in [-0.39, 0.29) is 0 Å². The van der Waals surface area contributed by atoms with E-state index in [9.17, 15) is 9.59 Å². The first-order valence-electron chi connectivity index (χ1n) is 7.17. The summed E-state index contributed by atoms with van der Waals surface area (Å²) < 4.78 is 0. The molecule has 0 aromatic rings. The van der Waals surface area contributed by atoms with Crippen LogP contribution in [0, 0.1) is 11.8 Å². The van der Waals surface area contributed by atoms with Crippen molar-refractivity contribution < 1.29 is 19.8 Å². The second-order valence-corrected chi connectivity index (χ2v) is 5.87. The number of aliphatic hydroxyl groups is 1. The van der Waals surface area contributed by atoms with Gasteiger partial charge in [0, 0.05) is 13.1 Å². The highest BCUT2D eigenvalue weighted by Gasteiger charge is 2.22. The quantitative estimate of drug-likeness (QED) is 0.600. The van der Waals surface area contributed by atoms with Gasteiger partial charge in [0.05, 0.1) is 6.61 Å². The second kappa shape index (κ2) is 9.58. The van der Waals surface area contributed by atoms with Crippen LogP contribution in [0.3, 0.4) is 0 Å². The van der Waals surface area contributed by atoms with Gasteiger partial charge in [-0.2, -0.15) is 0 Å². The predicted octanol–water partition coefficient (Wildman–Crippen LogP) is 1.54. The Kier molecular flexibility index (Phi) is 8.96. The third-order valence-electron chi connectivity index (χ3n) is 3.02. The molecule has 0 spiro atoms. The number of nitrogens with one attached hydrogen (secondary N) is 1. The molecule has 0 radical (unpaired) electrons. The maximum Gasteiger partial charge on any atom is 0.328 e. The van der Waals surface area contributed by atoms with Crippen molar-refractivity contribution in [1.29, 1.82) is 0 Å². The number of carbonyl (C=O) groups excluding carboxylic acids is 1. The zero-order valence-corrected chi connectivity index (χ0v) is 12.9. The summed E-state index contributed by atoms with van der Waals surface area (Å²) in [6, 6.07) is -1.67. The molecule has 0 heterocycles. The van der Waals surface area contributed by atoms with Crippen LogP contribution in [0.5, 0.6) is 0 Å². The van der Waals surface area contributed by atoms with E-state index in [2.05, 4.69) is 33.0 Å². The van der Waals surface area contributed by atoms with Gasteiger partial charge in [-0.3, -0.25) is 0 Å². The summed E-state index contributed by atoms with van der Waals surface area (Å²) in [4.78, 5) is 24.5. The van der Waals surface area contributed by atoms with Gasteiger partial charge in [-0.15, -0.1) is 0 Å². The van der Waals surface area contributed by atoms with Gasteiger partial charge in [0.15, 0.2) is 6.04 Å². The second-order valence-electron chi connectivity index (χ2n) is 5.87. The largest absolute Gasteiger partial charge is 0.480 e. The highest BCUT2D eigenvalue weighted by molar-refractivity contribution is 5.82. The molecule has 1 atom stereocenters. The number of aliphatic carboxylic acids is 1. The van der Waals surface area contributed by atoms with E-state index in [1.165, 1.54) is 0 Å². The number of carbonyl (C=O) groups is 2. The molecule has 0 aromatic carbocycles. The van der Waals surface area contributed by atoms with Gasteiger partial charge in [0.2, 0.25) is 0 Å². The van der Waals surface area contributed by atoms with Gasteiger partial charge in [-0.25, -0.2) is 9.59 Å². The molecule has 118 valence electrons. The van der Waals surface area contributed by atoms with Crippen LogP contribution in [0.15, 0.2) is 0 Å². The zero-order valence-electron chi connectivity index (χ0n) is 12.9. The summed E-state index contributed by atoms with van der Waals surface area (Å²) in [6.45, 7) is 8.88. The average molecular weight is 288 g/mol.